The zero-order chi connectivity index (χ0) is 16.0. The summed E-state index contributed by atoms with van der Waals surface area (Å²) < 4.78 is 26.7. The lowest BCUT2D eigenvalue weighted by Gasteiger charge is -2.20. The molecule has 5 nitrogen and oxygen atoms in total. The van der Waals surface area contributed by atoms with Gasteiger partial charge in [0.2, 0.25) is 15.9 Å². The fourth-order valence-electron chi connectivity index (χ4n) is 2.51. The van der Waals surface area contributed by atoms with Gasteiger partial charge < -0.3 is 4.90 Å². The van der Waals surface area contributed by atoms with E-state index in [4.69, 9.17) is 11.6 Å². The number of carbonyl (C=O) groups excluding carboxylic acids is 1. The molecule has 1 aromatic rings. The predicted molar refractivity (Wildman–Crippen MR) is 86.3 cm³/mol. The van der Waals surface area contributed by atoms with E-state index in [9.17, 15) is 13.2 Å². The number of hydrogen-bond acceptors (Lipinski definition) is 3. The summed E-state index contributed by atoms with van der Waals surface area (Å²) in [6.07, 6.45) is 4.53. The van der Waals surface area contributed by atoms with Gasteiger partial charge in [0.15, 0.2) is 0 Å². The second-order valence-corrected chi connectivity index (χ2v) is 7.52. The van der Waals surface area contributed by atoms with Crippen molar-refractivity contribution in [2.45, 2.75) is 37.0 Å². The van der Waals surface area contributed by atoms with Crippen molar-refractivity contribution in [3.63, 3.8) is 0 Å². The molecule has 0 bridgehead atoms. The van der Waals surface area contributed by atoms with Crippen LogP contribution in [0.4, 0.5) is 0 Å². The third kappa shape index (κ3) is 4.69. The van der Waals surface area contributed by atoms with Gasteiger partial charge in [-0.2, -0.15) is 0 Å². The number of halogens is 1. The highest BCUT2D eigenvalue weighted by Gasteiger charge is 2.19. The van der Waals surface area contributed by atoms with Gasteiger partial charge in [0.05, 0.1) is 5.02 Å². The summed E-state index contributed by atoms with van der Waals surface area (Å²) in [5, 5.41) is 0.175. The summed E-state index contributed by atoms with van der Waals surface area (Å²) in [6, 6.07) is 6.26. The standard InChI is InChI=1S/C15H21ClN2O3S/c16-13-7-3-4-8-14(13)22(20,21)17-10-9-15(19)18-11-5-1-2-6-12-18/h3-4,7-8,17H,1-2,5-6,9-12H2. The molecule has 1 fully saturated rings. The summed E-state index contributed by atoms with van der Waals surface area (Å²) in [5.74, 6) is 0.00348. The summed E-state index contributed by atoms with van der Waals surface area (Å²) >= 11 is 5.90. The van der Waals surface area contributed by atoms with Gasteiger partial charge in [0.25, 0.3) is 0 Å². The molecule has 0 saturated carbocycles. The largest absolute Gasteiger partial charge is 0.343 e. The van der Waals surface area contributed by atoms with Crippen molar-refractivity contribution in [1.82, 2.24) is 9.62 Å². The van der Waals surface area contributed by atoms with Crippen molar-refractivity contribution >= 4 is 27.5 Å². The van der Waals surface area contributed by atoms with Gasteiger partial charge in [0.1, 0.15) is 4.90 Å². The van der Waals surface area contributed by atoms with Gasteiger partial charge in [-0.1, -0.05) is 36.6 Å². The van der Waals surface area contributed by atoms with Crippen LogP contribution in [-0.4, -0.2) is 38.9 Å². The summed E-state index contributed by atoms with van der Waals surface area (Å²) in [6.45, 7) is 1.63. The predicted octanol–water partition coefficient (Wildman–Crippen LogP) is 2.41. The Labute approximate surface area is 136 Å². The summed E-state index contributed by atoms with van der Waals surface area (Å²) in [7, 11) is -3.68. The second-order valence-electron chi connectivity index (χ2n) is 5.37. The third-order valence-corrected chi connectivity index (χ3v) is 5.68. The molecule has 1 amide bonds. The molecule has 0 spiro atoms. The maximum absolute atomic E-state index is 12.1. The van der Waals surface area contributed by atoms with Gasteiger partial charge in [-0.15, -0.1) is 0 Å². The number of carbonyl (C=O) groups is 1. The van der Waals surface area contributed by atoms with E-state index in [0.29, 0.717) is 0 Å². The Morgan fingerprint density at radius 2 is 1.77 bits per heavy atom. The van der Waals surface area contributed by atoms with Crippen molar-refractivity contribution in [2.75, 3.05) is 19.6 Å². The maximum atomic E-state index is 12.1. The van der Waals surface area contributed by atoms with Crippen LogP contribution >= 0.6 is 11.6 Å². The number of amides is 1. The van der Waals surface area contributed by atoms with E-state index in [-0.39, 0.29) is 28.8 Å². The molecule has 2 rings (SSSR count). The molecule has 0 aromatic heterocycles. The maximum Gasteiger partial charge on any atom is 0.242 e. The van der Waals surface area contributed by atoms with Crippen molar-refractivity contribution in [1.29, 1.82) is 0 Å². The molecule has 7 heteroatoms. The van der Waals surface area contributed by atoms with Crippen molar-refractivity contribution in [3.05, 3.63) is 29.3 Å². The van der Waals surface area contributed by atoms with Crippen molar-refractivity contribution in [3.8, 4) is 0 Å². The van der Waals surface area contributed by atoms with Gasteiger partial charge >= 0.3 is 0 Å². The van der Waals surface area contributed by atoms with Crippen LogP contribution in [0.5, 0.6) is 0 Å². The first-order valence-electron chi connectivity index (χ1n) is 7.53. The summed E-state index contributed by atoms with van der Waals surface area (Å²) in [5.41, 5.74) is 0. The highest BCUT2D eigenvalue weighted by Crippen LogP contribution is 2.20. The highest BCUT2D eigenvalue weighted by atomic mass is 35.5. The molecule has 122 valence electrons. The molecule has 1 N–H and O–H groups in total. The average Bonchev–Trinajstić information content (AvgIpc) is 2.76. The molecule has 0 aliphatic carbocycles. The van der Waals surface area contributed by atoms with Crippen LogP contribution in [0, 0.1) is 0 Å². The van der Waals surface area contributed by atoms with Crippen LogP contribution in [0.15, 0.2) is 29.2 Å². The lowest BCUT2D eigenvalue weighted by atomic mass is 10.2. The Morgan fingerprint density at radius 3 is 2.41 bits per heavy atom. The number of sulfonamides is 1. The van der Waals surface area contributed by atoms with E-state index in [1.54, 1.807) is 12.1 Å². The molecule has 0 radical (unpaired) electrons. The molecule has 1 aliphatic rings. The Kier molecular flexibility index (Phi) is 6.23. The monoisotopic (exact) mass is 344 g/mol. The fraction of sp³-hybridized carbons (Fsp3) is 0.533. The molecule has 0 atom stereocenters. The minimum absolute atomic E-state index is 0.00348. The van der Waals surface area contributed by atoms with E-state index in [1.165, 1.54) is 12.1 Å². The number of nitrogens with zero attached hydrogens (tertiary/aromatic N) is 1. The zero-order valence-corrected chi connectivity index (χ0v) is 14.0. The molecule has 1 aromatic carbocycles. The van der Waals surface area contributed by atoms with E-state index in [1.807, 2.05) is 4.90 Å². The molecule has 1 aliphatic heterocycles. The molecular formula is C15H21ClN2O3S. The van der Waals surface area contributed by atoms with Gasteiger partial charge in [-0.05, 0) is 25.0 Å². The lowest BCUT2D eigenvalue weighted by molar-refractivity contribution is -0.130. The number of hydrogen-bond donors (Lipinski definition) is 1. The van der Waals surface area contributed by atoms with E-state index < -0.39 is 10.0 Å². The molecule has 1 heterocycles. The second kappa shape index (κ2) is 7.94. The average molecular weight is 345 g/mol. The van der Waals surface area contributed by atoms with E-state index in [2.05, 4.69) is 4.72 Å². The van der Waals surface area contributed by atoms with E-state index in [0.717, 1.165) is 38.8 Å². The first kappa shape index (κ1) is 17.2. The Balaban J connectivity index is 1.87. The van der Waals surface area contributed by atoms with Gasteiger partial charge in [0, 0.05) is 26.1 Å². The Morgan fingerprint density at radius 1 is 1.14 bits per heavy atom. The van der Waals surface area contributed by atoms with Crippen LogP contribution in [0.25, 0.3) is 0 Å². The van der Waals surface area contributed by atoms with Crippen LogP contribution in [0.3, 0.4) is 0 Å². The Bertz CT molecular complexity index is 611. The SMILES string of the molecule is O=C(CCNS(=O)(=O)c1ccccc1Cl)N1CCCCCC1. The zero-order valence-electron chi connectivity index (χ0n) is 12.4. The molecule has 0 unspecified atom stereocenters. The van der Waals surface area contributed by atoms with Crippen molar-refractivity contribution < 1.29 is 13.2 Å². The first-order chi connectivity index (χ1) is 10.5. The molecule has 1 saturated heterocycles. The number of likely N-dealkylation sites (tertiary alicyclic amines) is 1. The third-order valence-electron chi connectivity index (χ3n) is 3.72. The topological polar surface area (TPSA) is 66.5 Å². The Hall–Kier alpha value is -1.11. The number of nitrogens with one attached hydrogen (secondary N) is 1. The van der Waals surface area contributed by atoms with Crippen LogP contribution in [-0.2, 0) is 14.8 Å². The van der Waals surface area contributed by atoms with Crippen molar-refractivity contribution in [2.24, 2.45) is 0 Å². The highest BCUT2D eigenvalue weighted by molar-refractivity contribution is 7.89. The quantitative estimate of drug-likeness (QED) is 0.892. The van der Waals surface area contributed by atoms with Gasteiger partial charge in [-0.3, -0.25) is 4.79 Å². The number of benzene rings is 1. The summed E-state index contributed by atoms with van der Waals surface area (Å²) in [4.78, 5) is 14.0. The van der Waals surface area contributed by atoms with Crippen LogP contribution in [0.1, 0.15) is 32.1 Å². The van der Waals surface area contributed by atoms with E-state index >= 15 is 0 Å². The fourth-order valence-corrected chi connectivity index (χ4v) is 4.06. The lowest BCUT2D eigenvalue weighted by Crippen LogP contribution is -2.35. The normalized spacial score (nSPS) is 16.3. The minimum atomic E-state index is -3.68. The first-order valence-corrected chi connectivity index (χ1v) is 9.39. The minimum Gasteiger partial charge on any atom is -0.343 e. The molecule has 22 heavy (non-hydrogen) atoms. The number of rotatable bonds is 5. The smallest absolute Gasteiger partial charge is 0.242 e. The van der Waals surface area contributed by atoms with Gasteiger partial charge in [-0.25, -0.2) is 13.1 Å². The van der Waals surface area contributed by atoms with Crippen LogP contribution in [0.2, 0.25) is 5.02 Å². The van der Waals surface area contributed by atoms with Crippen LogP contribution < -0.4 is 4.72 Å². The molecular weight excluding hydrogens is 324 g/mol.